The Hall–Kier alpha value is 0.880. The second-order valence-electron chi connectivity index (χ2n) is 10.6. The molecule has 0 aromatic carbocycles. The fourth-order valence-corrected chi connectivity index (χ4v) is 4.54. The van der Waals surface area contributed by atoms with Crippen LogP contribution >= 0.6 is 0 Å². The summed E-state index contributed by atoms with van der Waals surface area (Å²) in [5.41, 5.74) is 0. The van der Waals surface area contributed by atoms with Crippen molar-refractivity contribution in [1.29, 1.82) is 0 Å². The van der Waals surface area contributed by atoms with Gasteiger partial charge in [-0.15, -0.1) is 0 Å². The molecule has 0 saturated heterocycles. The predicted molar refractivity (Wildman–Crippen MR) is 138 cm³/mol. The summed E-state index contributed by atoms with van der Waals surface area (Å²) in [6.45, 7) is 17.2. The molecule has 0 aromatic rings. The summed E-state index contributed by atoms with van der Waals surface area (Å²) in [6, 6.07) is 0. The topological polar surface area (TPSA) is 0 Å². The molecule has 0 radical (unpaired) electrons. The fourth-order valence-electron chi connectivity index (χ4n) is 4.54. The molecule has 2 nitrogen and oxygen atoms in total. The molecule has 0 rings (SSSR count). The maximum atomic E-state index is 2.41. The zero-order chi connectivity index (χ0) is 22.6. The smallest absolute Gasteiger partial charge is 0.0784 e. The van der Waals surface area contributed by atoms with Crippen molar-refractivity contribution < 1.29 is 42.9 Å². The zero-order valence-electron chi connectivity index (χ0n) is 23.2. The van der Waals surface area contributed by atoms with Crippen LogP contribution in [0.25, 0.3) is 0 Å². The number of rotatable bonds is 23. The van der Waals surface area contributed by atoms with E-state index in [1.54, 1.807) is 0 Å². The van der Waals surface area contributed by atoms with E-state index in [-0.39, 0.29) is 34.0 Å². The standard InChI is InChI=1S/C28H62N2.2BrH/c1-7-29(5,8-2)27-25-23-21-19-17-15-13-11-12-14-16-18-20-22-24-26-28-30(6,9-3)10-4;;/h7-28H2,1-6H3;2*1H/q+2;;/p-2. The van der Waals surface area contributed by atoms with Gasteiger partial charge in [0.25, 0.3) is 0 Å². The third-order valence-corrected chi connectivity index (χ3v) is 8.20. The van der Waals surface area contributed by atoms with Crippen molar-refractivity contribution in [1.82, 2.24) is 0 Å². The minimum Gasteiger partial charge on any atom is -1.00 e. The average Bonchev–Trinajstić information content (AvgIpc) is 2.77. The second kappa shape index (κ2) is 25.0. The van der Waals surface area contributed by atoms with E-state index in [9.17, 15) is 0 Å². The number of quaternary nitrogens is 2. The summed E-state index contributed by atoms with van der Waals surface area (Å²) >= 11 is 0. The van der Waals surface area contributed by atoms with Gasteiger partial charge in [0, 0.05) is 0 Å². The molecule has 0 amide bonds. The summed E-state index contributed by atoms with van der Waals surface area (Å²) in [5, 5.41) is 0. The molecule has 0 heterocycles. The van der Waals surface area contributed by atoms with Gasteiger partial charge in [-0.3, -0.25) is 0 Å². The van der Waals surface area contributed by atoms with Gasteiger partial charge in [0.05, 0.1) is 53.4 Å². The Kier molecular flexibility index (Phi) is 29.2. The SMILES string of the molecule is CC[N+](C)(CC)CCCCCCCCCCCCCCCCCC[N+](C)(CC)CC.[Br-].[Br-]. The van der Waals surface area contributed by atoms with Crippen LogP contribution in [-0.4, -0.2) is 62.3 Å². The van der Waals surface area contributed by atoms with Gasteiger partial charge in [0.1, 0.15) is 0 Å². The van der Waals surface area contributed by atoms with Gasteiger partial charge in [-0.25, -0.2) is 0 Å². The molecular formula is C28H62Br2N2. The van der Waals surface area contributed by atoms with Crippen LogP contribution in [0.2, 0.25) is 0 Å². The Morgan fingerprint density at radius 2 is 0.469 bits per heavy atom. The number of nitrogens with zero attached hydrogens (tertiary/aromatic N) is 2. The highest BCUT2D eigenvalue weighted by Crippen LogP contribution is 2.15. The number of hydrogen-bond acceptors (Lipinski definition) is 0. The van der Waals surface area contributed by atoms with Crippen LogP contribution in [0.3, 0.4) is 0 Å². The molecule has 0 saturated carbocycles. The number of hydrogen-bond donors (Lipinski definition) is 0. The van der Waals surface area contributed by atoms with Gasteiger partial charge < -0.3 is 42.9 Å². The third-order valence-electron chi connectivity index (χ3n) is 8.20. The van der Waals surface area contributed by atoms with Gasteiger partial charge in [-0.1, -0.05) is 77.0 Å². The molecule has 0 N–H and O–H groups in total. The molecule has 0 unspecified atom stereocenters. The van der Waals surface area contributed by atoms with E-state index < -0.39 is 0 Å². The molecule has 0 fully saturated rings. The van der Waals surface area contributed by atoms with Crippen molar-refractivity contribution in [2.45, 2.75) is 130 Å². The van der Waals surface area contributed by atoms with Gasteiger partial charge in [-0.05, 0) is 53.4 Å². The van der Waals surface area contributed by atoms with Gasteiger partial charge in [-0.2, -0.15) is 0 Å². The van der Waals surface area contributed by atoms with Crippen LogP contribution in [0, 0.1) is 0 Å². The highest BCUT2D eigenvalue weighted by Gasteiger charge is 2.15. The predicted octanol–water partition coefficient (Wildman–Crippen LogP) is 2.21. The van der Waals surface area contributed by atoms with Crippen LogP contribution in [0.5, 0.6) is 0 Å². The average molecular weight is 587 g/mol. The minimum atomic E-state index is 0. The van der Waals surface area contributed by atoms with Gasteiger partial charge in [0.15, 0.2) is 0 Å². The lowest BCUT2D eigenvalue weighted by Crippen LogP contribution is -3.00. The second-order valence-corrected chi connectivity index (χ2v) is 10.6. The highest BCUT2D eigenvalue weighted by molar-refractivity contribution is 4.51. The van der Waals surface area contributed by atoms with E-state index in [2.05, 4.69) is 41.8 Å². The fraction of sp³-hybridized carbons (Fsp3) is 1.00. The van der Waals surface area contributed by atoms with E-state index in [1.807, 2.05) is 0 Å². The molecule has 0 aliphatic heterocycles. The monoisotopic (exact) mass is 584 g/mol. The Morgan fingerprint density at radius 1 is 0.312 bits per heavy atom. The summed E-state index contributed by atoms with van der Waals surface area (Å²) in [5.74, 6) is 0. The zero-order valence-corrected chi connectivity index (χ0v) is 26.4. The lowest BCUT2D eigenvalue weighted by molar-refractivity contribution is -0.906. The first-order valence-electron chi connectivity index (χ1n) is 14.1. The number of halogens is 2. The van der Waals surface area contributed by atoms with Gasteiger partial charge >= 0.3 is 0 Å². The Morgan fingerprint density at radius 3 is 0.625 bits per heavy atom. The minimum absolute atomic E-state index is 0. The largest absolute Gasteiger partial charge is 1.00 e. The molecule has 198 valence electrons. The first kappa shape index (κ1) is 37.4. The van der Waals surface area contributed by atoms with Crippen LogP contribution < -0.4 is 34.0 Å². The summed E-state index contributed by atoms with van der Waals surface area (Å²) in [6.07, 6.45) is 23.4. The molecule has 0 aliphatic rings. The van der Waals surface area contributed by atoms with E-state index >= 15 is 0 Å². The maximum Gasteiger partial charge on any atom is 0.0784 e. The molecular weight excluding hydrogens is 524 g/mol. The van der Waals surface area contributed by atoms with Crippen molar-refractivity contribution in [3.05, 3.63) is 0 Å². The van der Waals surface area contributed by atoms with E-state index in [0.29, 0.717) is 0 Å². The third kappa shape index (κ3) is 21.4. The van der Waals surface area contributed by atoms with Crippen molar-refractivity contribution in [3.8, 4) is 0 Å². The molecule has 0 aliphatic carbocycles. The maximum absolute atomic E-state index is 2.41. The molecule has 4 heteroatoms. The van der Waals surface area contributed by atoms with E-state index in [4.69, 9.17) is 0 Å². The van der Waals surface area contributed by atoms with Gasteiger partial charge in [0.2, 0.25) is 0 Å². The Balaban J connectivity index is -0.00000420. The first-order valence-corrected chi connectivity index (χ1v) is 14.1. The molecule has 0 spiro atoms. The molecule has 0 bridgehead atoms. The highest BCUT2D eigenvalue weighted by atomic mass is 79.9. The number of unbranched alkanes of at least 4 members (excludes halogenated alkanes) is 15. The van der Waals surface area contributed by atoms with Crippen LogP contribution in [-0.2, 0) is 0 Å². The quantitative estimate of drug-likeness (QED) is 0.127. The normalized spacial score (nSPS) is 11.8. The van der Waals surface area contributed by atoms with Crippen molar-refractivity contribution in [3.63, 3.8) is 0 Å². The summed E-state index contributed by atoms with van der Waals surface area (Å²) in [4.78, 5) is 0. The first-order chi connectivity index (χ1) is 14.4. The van der Waals surface area contributed by atoms with Crippen molar-refractivity contribution >= 4 is 0 Å². The summed E-state index contributed by atoms with van der Waals surface area (Å²) in [7, 11) is 4.82. The van der Waals surface area contributed by atoms with Crippen LogP contribution in [0.15, 0.2) is 0 Å². The van der Waals surface area contributed by atoms with Crippen molar-refractivity contribution in [2.75, 3.05) is 53.4 Å². The van der Waals surface area contributed by atoms with E-state index in [1.165, 1.54) is 151 Å². The van der Waals surface area contributed by atoms with Crippen molar-refractivity contribution in [2.24, 2.45) is 0 Å². The lowest BCUT2D eigenvalue weighted by atomic mass is 10.0. The lowest BCUT2D eigenvalue weighted by Gasteiger charge is -2.32. The molecule has 0 aromatic heterocycles. The van der Waals surface area contributed by atoms with E-state index in [0.717, 1.165) is 0 Å². The van der Waals surface area contributed by atoms with Crippen LogP contribution in [0.1, 0.15) is 130 Å². The Labute approximate surface area is 226 Å². The Bertz CT molecular complexity index is 321. The summed E-state index contributed by atoms with van der Waals surface area (Å²) < 4.78 is 2.52. The molecule has 0 atom stereocenters. The van der Waals surface area contributed by atoms with Crippen LogP contribution in [0.4, 0.5) is 0 Å². The molecule has 32 heavy (non-hydrogen) atoms.